The zero-order valence-corrected chi connectivity index (χ0v) is 20.1. The summed E-state index contributed by atoms with van der Waals surface area (Å²) in [7, 11) is 0. The Morgan fingerprint density at radius 3 is 2.62 bits per heavy atom. The van der Waals surface area contributed by atoms with Gasteiger partial charge in [-0.2, -0.15) is 0 Å². The number of nitrogens with zero attached hydrogens (tertiary/aromatic N) is 1. The molecule has 24 heavy (non-hydrogen) atoms. The van der Waals surface area contributed by atoms with Crippen LogP contribution in [-0.2, 0) is 65.1 Å². The van der Waals surface area contributed by atoms with Gasteiger partial charge in [-0.05, 0) is 12.1 Å². The molecule has 1 unspecified atom stereocenters. The predicted octanol–water partition coefficient (Wildman–Crippen LogP) is 3.62. The number of aryl methyl sites for hydroxylation is 2. The molecule has 4 heteroatoms. The van der Waals surface area contributed by atoms with Gasteiger partial charge in [0.25, 0.3) is 0 Å². The first kappa shape index (κ1) is 20.5. The number of hydrogen-bond donors (Lipinski definition) is 0. The quantitative estimate of drug-likeness (QED) is 0.525. The van der Waals surface area contributed by atoms with E-state index in [9.17, 15) is 0 Å². The average molecular weight is 569 g/mol. The minimum atomic E-state index is -0.350. The van der Waals surface area contributed by atoms with Gasteiger partial charge in [0.05, 0.1) is 6.61 Å². The zero-order valence-electron chi connectivity index (χ0n) is 16.3. The third-order valence-corrected chi connectivity index (χ3v) is 3.42. The van der Waals surface area contributed by atoms with Gasteiger partial charge in [-0.3, -0.25) is 28.2 Å². The maximum Gasteiger partial charge on any atom is 2.00 e. The van der Waals surface area contributed by atoms with Crippen molar-refractivity contribution in [3.8, 4) is 0 Å². The molecular formula is C20H24NOWY-. The molecule has 2 aromatic carbocycles. The van der Waals surface area contributed by atoms with Crippen LogP contribution in [0.3, 0.4) is 0 Å². The van der Waals surface area contributed by atoms with Crippen molar-refractivity contribution in [1.29, 1.82) is 0 Å². The second-order valence-electron chi connectivity index (χ2n) is 5.49. The summed E-state index contributed by atoms with van der Waals surface area (Å²) in [4.78, 5) is 2.23. The van der Waals surface area contributed by atoms with Crippen molar-refractivity contribution in [3.05, 3.63) is 78.2 Å². The number of ether oxygens (including phenoxy) is 1. The first-order valence-electron chi connectivity index (χ1n) is 8.59. The second kappa shape index (κ2) is 13.4. The standard InChI is InChI=1S/C12H16NO.C8H8.W.Y/c1-11-9-13(7-8-14-11)10-12-5-3-2-4-6-12;1-7-4-3-5-8(2)6-7;;/h2-6,11H,1,7-10H2;3-4H,1-2H3;;/q-1;-2;+2;/i1D2;;;. The normalized spacial score (nSPS) is 18.2. The Kier molecular flexibility index (Phi) is 11.4. The maximum absolute atomic E-state index is 7.27. The van der Waals surface area contributed by atoms with E-state index in [0.717, 1.165) is 18.7 Å². The van der Waals surface area contributed by atoms with Gasteiger partial charge in [0.15, 0.2) is 0 Å². The molecular weight excluding hydrogens is 543 g/mol. The fourth-order valence-electron chi connectivity index (χ4n) is 2.35. The first-order valence-corrected chi connectivity index (χ1v) is 7.59. The van der Waals surface area contributed by atoms with Gasteiger partial charge in [-0.1, -0.05) is 50.3 Å². The van der Waals surface area contributed by atoms with Crippen LogP contribution in [-0.4, -0.2) is 30.7 Å². The molecule has 1 saturated heterocycles. The van der Waals surface area contributed by atoms with Crippen molar-refractivity contribution >= 4 is 0 Å². The molecule has 0 aliphatic carbocycles. The second-order valence-corrected chi connectivity index (χ2v) is 5.49. The van der Waals surface area contributed by atoms with Crippen molar-refractivity contribution in [3.63, 3.8) is 0 Å². The van der Waals surface area contributed by atoms with E-state index in [1.165, 1.54) is 11.1 Å². The van der Waals surface area contributed by atoms with Gasteiger partial charge < -0.3 is 23.7 Å². The van der Waals surface area contributed by atoms with Crippen molar-refractivity contribution in [2.45, 2.75) is 26.5 Å². The van der Waals surface area contributed by atoms with Gasteiger partial charge >= 0.3 is 21.1 Å². The van der Waals surface area contributed by atoms with Crippen LogP contribution in [0.4, 0.5) is 0 Å². The van der Waals surface area contributed by atoms with Gasteiger partial charge in [0.2, 0.25) is 0 Å². The van der Waals surface area contributed by atoms with Crippen molar-refractivity contribution in [1.82, 2.24) is 4.90 Å². The van der Waals surface area contributed by atoms with Gasteiger partial charge in [0, 0.05) is 45.8 Å². The molecule has 1 heterocycles. The Bertz CT molecular complexity index is 599. The van der Waals surface area contributed by atoms with E-state index in [-0.39, 0.29) is 66.8 Å². The molecule has 0 aromatic heterocycles. The van der Waals surface area contributed by atoms with Crippen molar-refractivity contribution in [2.75, 3.05) is 19.7 Å². The maximum atomic E-state index is 7.27. The zero-order chi connectivity index (χ0) is 17.4. The summed E-state index contributed by atoms with van der Waals surface area (Å²) in [6.07, 6.45) is -0.350. The summed E-state index contributed by atoms with van der Waals surface area (Å²) in [5.74, 6) is 0. The molecule has 1 atom stereocenters. The molecule has 1 radical (unpaired) electrons. The van der Waals surface area contributed by atoms with Crippen LogP contribution in [0.1, 0.15) is 19.4 Å². The Balaban J connectivity index is 0.000000536. The van der Waals surface area contributed by atoms with E-state index in [1.807, 2.05) is 44.2 Å². The Labute approximate surface area is 189 Å². The largest absolute Gasteiger partial charge is 2.00 e. The molecule has 0 N–H and O–H groups in total. The number of morpholine rings is 1. The molecule has 1 fully saturated rings. The topological polar surface area (TPSA) is 12.5 Å². The fourth-order valence-corrected chi connectivity index (χ4v) is 2.35. The summed E-state index contributed by atoms with van der Waals surface area (Å²) in [5, 5.41) is 0. The molecule has 125 valence electrons. The van der Waals surface area contributed by atoms with Crippen LogP contribution < -0.4 is 0 Å². The summed E-state index contributed by atoms with van der Waals surface area (Å²) >= 11 is 0. The molecule has 0 saturated carbocycles. The van der Waals surface area contributed by atoms with Crippen molar-refractivity contribution < 1.29 is 61.3 Å². The van der Waals surface area contributed by atoms with E-state index in [2.05, 4.69) is 29.2 Å². The predicted molar refractivity (Wildman–Crippen MR) is 90.4 cm³/mol. The van der Waals surface area contributed by atoms with E-state index in [1.54, 1.807) is 0 Å². The summed E-state index contributed by atoms with van der Waals surface area (Å²) in [6, 6.07) is 20.3. The Morgan fingerprint density at radius 2 is 2.04 bits per heavy atom. The number of rotatable bonds is 3. The van der Waals surface area contributed by atoms with E-state index >= 15 is 0 Å². The first-order chi connectivity index (χ1) is 11.5. The molecule has 2 aromatic rings. The third kappa shape index (κ3) is 9.59. The van der Waals surface area contributed by atoms with E-state index in [0.29, 0.717) is 13.2 Å². The summed E-state index contributed by atoms with van der Waals surface area (Å²) in [6.45, 7) is 6.90. The SMILES string of the molecule is Cc1[c-]ccc(C)[c-]1.[2H][C-]([2H])C1CN(Cc2ccccc2)CCO1.[W+2].[Y]. The molecule has 1 aliphatic heterocycles. The monoisotopic (exact) mass is 569 g/mol. The minimum Gasteiger partial charge on any atom is -0.408 e. The Morgan fingerprint density at radius 1 is 1.29 bits per heavy atom. The van der Waals surface area contributed by atoms with Crippen LogP contribution in [0.15, 0.2) is 42.5 Å². The fraction of sp³-hybridized carbons (Fsp3) is 0.350. The van der Waals surface area contributed by atoms with Crippen LogP contribution >= 0.6 is 0 Å². The average Bonchev–Trinajstić information content (AvgIpc) is 2.56. The van der Waals surface area contributed by atoms with Crippen LogP contribution in [0, 0.1) is 32.9 Å². The smallest absolute Gasteiger partial charge is 0.408 e. The summed E-state index contributed by atoms with van der Waals surface area (Å²) < 4.78 is 19.9. The molecule has 0 amide bonds. The van der Waals surface area contributed by atoms with Crippen molar-refractivity contribution in [2.24, 2.45) is 0 Å². The van der Waals surface area contributed by atoms with E-state index in [4.69, 9.17) is 7.48 Å². The molecule has 3 rings (SSSR count). The number of hydrogen-bond acceptors (Lipinski definition) is 2. The molecule has 1 aliphatic rings. The van der Waals surface area contributed by atoms with Crippen LogP contribution in [0.5, 0.6) is 0 Å². The van der Waals surface area contributed by atoms with E-state index < -0.39 is 0 Å². The summed E-state index contributed by atoms with van der Waals surface area (Å²) in [5.41, 5.74) is 3.53. The Hall–Kier alpha value is 0.152. The molecule has 2 nitrogen and oxygen atoms in total. The minimum absolute atomic E-state index is 0. The molecule has 0 bridgehead atoms. The van der Waals surface area contributed by atoms with Gasteiger partial charge in [-0.25, -0.2) is 2.74 Å². The van der Waals surface area contributed by atoms with Crippen LogP contribution in [0.25, 0.3) is 0 Å². The number of benzene rings is 2. The van der Waals surface area contributed by atoms with Gasteiger partial charge in [0.1, 0.15) is 0 Å². The third-order valence-electron chi connectivity index (χ3n) is 3.42. The van der Waals surface area contributed by atoms with Gasteiger partial charge in [-0.15, -0.1) is 0 Å². The molecule has 0 spiro atoms. The van der Waals surface area contributed by atoms with Crippen LogP contribution in [0.2, 0.25) is 0 Å².